The van der Waals surface area contributed by atoms with Gasteiger partial charge >= 0.3 is 0 Å². The molecule has 1 atom stereocenters. The van der Waals surface area contributed by atoms with Crippen molar-refractivity contribution < 1.29 is 0 Å². The van der Waals surface area contributed by atoms with Gasteiger partial charge in [0, 0.05) is 19.1 Å². The van der Waals surface area contributed by atoms with E-state index in [1.165, 1.54) is 16.7 Å². The van der Waals surface area contributed by atoms with Gasteiger partial charge in [-0.05, 0) is 37.5 Å². The van der Waals surface area contributed by atoms with Gasteiger partial charge in [0.1, 0.15) is 0 Å². The zero-order valence-corrected chi connectivity index (χ0v) is 9.30. The van der Waals surface area contributed by atoms with Crippen LogP contribution in [0.5, 0.6) is 0 Å². The molecule has 2 nitrogen and oxygen atoms in total. The van der Waals surface area contributed by atoms with E-state index in [1.54, 1.807) is 0 Å². The monoisotopic (exact) mass is 192 g/mol. The molecular formula is C12H20N2. The smallest absolute Gasteiger partial charge is 0.0206 e. The van der Waals surface area contributed by atoms with Crippen molar-refractivity contribution in [3.05, 3.63) is 34.9 Å². The molecule has 0 aliphatic heterocycles. The molecule has 0 heterocycles. The van der Waals surface area contributed by atoms with E-state index in [1.807, 2.05) is 6.92 Å². The molecule has 3 N–H and O–H groups in total. The van der Waals surface area contributed by atoms with E-state index in [0.717, 1.165) is 13.1 Å². The highest BCUT2D eigenvalue weighted by Crippen LogP contribution is 2.09. The van der Waals surface area contributed by atoms with E-state index in [0.29, 0.717) is 0 Å². The fourth-order valence-corrected chi connectivity index (χ4v) is 1.36. The zero-order chi connectivity index (χ0) is 10.6. The van der Waals surface area contributed by atoms with Crippen molar-refractivity contribution in [2.24, 2.45) is 5.73 Å². The van der Waals surface area contributed by atoms with Gasteiger partial charge in [-0.15, -0.1) is 0 Å². The lowest BCUT2D eigenvalue weighted by Crippen LogP contribution is -2.30. The Bertz CT molecular complexity index is 292. The summed E-state index contributed by atoms with van der Waals surface area (Å²) < 4.78 is 0. The van der Waals surface area contributed by atoms with Crippen LogP contribution in [0.1, 0.15) is 23.6 Å². The number of rotatable bonds is 4. The average molecular weight is 192 g/mol. The van der Waals surface area contributed by atoms with Gasteiger partial charge in [0.25, 0.3) is 0 Å². The van der Waals surface area contributed by atoms with E-state index in [9.17, 15) is 0 Å². The summed E-state index contributed by atoms with van der Waals surface area (Å²) in [5.41, 5.74) is 9.68. The first-order valence-corrected chi connectivity index (χ1v) is 5.12. The van der Waals surface area contributed by atoms with Crippen molar-refractivity contribution in [3.8, 4) is 0 Å². The van der Waals surface area contributed by atoms with E-state index in [2.05, 4.69) is 37.4 Å². The standard InChI is InChI=1S/C12H20N2/c1-9-4-5-12(6-10(9)2)8-14-7-11(3)13/h4-6,11,14H,7-8,13H2,1-3H3. The summed E-state index contributed by atoms with van der Waals surface area (Å²) in [6.45, 7) is 8.06. The molecule has 78 valence electrons. The fraction of sp³-hybridized carbons (Fsp3) is 0.500. The largest absolute Gasteiger partial charge is 0.327 e. The highest BCUT2D eigenvalue weighted by molar-refractivity contribution is 5.29. The Morgan fingerprint density at radius 1 is 1.29 bits per heavy atom. The van der Waals surface area contributed by atoms with Crippen LogP contribution in [0.25, 0.3) is 0 Å². The predicted molar refractivity (Wildman–Crippen MR) is 61.3 cm³/mol. The van der Waals surface area contributed by atoms with Crippen LogP contribution in [0, 0.1) is 13.8 Å². The second-order valence-electron chi connectivity index (χ2n) is 4.03. The Morgan fingerprint density at radius 2 is 2.00 bits per heavy atom. The third-order valence-corrected chi connectivity index (χ3v) is 2.37. The van der Waals surface area contributed by atoms with Crippen molar-refractivity contribution in [1.29, 1.82) is 0 Å². The molecule has 1 aromatic carbocycles. The molecule has 0 saturated heterocycles. The van der Waals surface area contributed by atoms with Crippen molar-refractivity contribution >= 4 is 0 Å². The molecule has 1 rings (SSSR count). The van der Waals surface area contributed by atoms with Gasteiger partial charge in [0.05, 0.1) is 0 Å². The molecule has 0 aromatic heterocycles. The lowest BCUT2D eigenvalue weighted by atomic mass is 10.1. The van der Waals surface area contributed by atoms with Crippen LogP contribution in [0.3, 0.4) is 0 Å². The minimum absolute atomic E-state index is 0.224. The van der Waals surface area contributed by atoms with E-state index in [-0.39, 0.29) is 6.04 Å². The van der Waals surface area contributed by atoms with Crippen LogP contribution in [0.4, 0.5) is 0 Å². The van der Waals surface area contributed by atoms with Crippen molar-refractivity contribution in [2.75, 3.05) is 6.54 Å². The summed E-state index contributed by atoms with van der Waals surface area (Å²) in [5.74, 6) is 0. The SMILES string of the molecule is Cc1ccc(CNCC(C)N)cc1C. The van der Waals surface area contributed by atoms with Crippen LogP contribution in [0.15, 0.2) is 18.2 Å². The lowest BCUT2D eigenvalue weighted by Gasteiger charge is -2.09. The van der Waals surface area contributed by atoms with Crippen LogP contribution >= 0.6 is 0 Å². The molecule has 14 heavy (non-hydrogen) atoms. The Morgan fingerprint density at radius 3 is 2.57 bits per heavy atom. The first-order valence-electron chi connectivity index (χ1n) is 5.12. The molecule has 1 unspecified atom stereocenters. The number of hydrogen-bond donors (Lipinski definition) is 2. The second kappa shape index (κ2) is 5.13. The van der Waals surface area contributed by atoms with Gasteiger partial charge < -0.3 is 11.1 Å². The third kappa shape index (κ3) is 3.48. The number of hydrogen-bond acceptors (Lipinski definition) is 2. The first-order chi connectivity index (χ1) is 6.59. The summed E-state index contributed by atoms with van der Waals surface area (Å²) >= 11 is 0. The maximum Gasteiger partial charge on any atom is 0.0206 e. The Kier molecular flexibility index (Phi) is 4.11. The highest BCUT2D eigenvalue weighted by atomic mass is 14.9. The van der Waals surface area contributed by atoms with Crippen LogP contribution < -0.4 is 11.1 Å². The summed E-state index contributed by atoms with van der Waals surface area (Å²) in [6.07, 6.45) is 0. The quantitative estimate of drug-likeness (QED) is 0.762. The predicted octanol–water partition coefficient (Wildman–Crippen LogP) is 1.74. The van der Waals surface area contributed by atoms with Crippen LogP contribution in [0.2, 0.25) is 0 Å². The number of benzene rings is 1. The molecular weight excluding hydrogens is 172 g/mol. The molecule has 0 aliphatic carbocycles. The van der Waals surface area contributed by atoms with Crippen LogP contribution in [-0.2, 0) is 6.54 Å². The molecule has 2 heteroatoms. The summed E-state index contributed by atoms with van der Waals surface area (Å²) in [6, 6.07) is 6.78. The summed E-state index contributed by atoms with van der Waals surface area (Å²) in [4.78, 5) is 0. The molecule has 1 aromatic rings. The number of aryl methyl sites for hydroxylation is 2. The molecule has 0 saturated carbocycles. The minimum atomic E-state index is 0.224. The second-order valence-corrected chi connectivity index (χ2v) is 4.03. The van der Waals surface area contributed by atoms with Crippen molar-refractivity contribution in [2.45, 2.75) is 33.4 Å². The molecule has 0 radical (unpaired) electrons. The van der Waals surface area contributed by atoms with E-state index >= 15 is 0 Å². The van der Waals surface area contributed by atoms with Gasteiger partial charge in [0.15, 0.2) is 0 Å². The molecule has 0 spiro atoms. The van der Waals surface area contributed by atoms with Gasteiger partial charge in [0.2, 0.25) is 0 Å². The topological polar surface area (TPSA) is 38.0 Å². The van der Waals surface area contributed by atoms with Crippen LogP contribution in [-0.4, -0.2) is 12.6 Å². The Balaban J connectivity index is 2.47. The van der Waals surface area contributed by atoms with Gasteiger partial charge in [-0.1, -0.05) is 18.2 Å². The number of nitrogens with one attached hydrogen (secondary N) is 1. The van der Waals surface area contributed by atoms with E-state index < -0.39 is 0 Å². The highest BCUT2D eigenvalue weighted by Gasteiger charge is 1.97. The van der Waals surface area contributed by atoms with Crippen molar-refractivity contribution in [3.63, 3.8) is 0 Å². The van der Waals surface area contributed by atoms with Gasteiger partial charge in [-0.2, -0.15) is 0 Å². The Labute approximate surface area is 86.5 Å². The molecule has 0 fully saturated rings. The summed E-state index contributed by atoms with van der Waals surface area (Å²) in [7, 11) is 0. The van der Waals surface area contributed by atoms with E-state index in [4.69, 9.17) is 5.73 Å². The van der Waals surface area contributed by atoms with Gasteiger partial charge in [-0.25, -0.2) is 0 Å². The molecule has 0 amide bonds. The lowest BCUT2D eigenvalue weighted by molar-refractivity contribution is 0.608. The Hall–Kier alpha value is -0.860. The van der Waals surface area contributed by atoms with Crippen molar-refractivity contribution in [1.82, 2.24) is 5.32 Å². The normalized spacial score (nSPS) is 12.9. The maximum absolute atomic E-state index is 5.65. The fourth-order valence-electron chi connectivity index (χ4n) is 1.36. The minimum Gasteiger partial charge on any atom is -0.327 e. The maximum atomic E-state index is 5.65. The first kappa shape index (κ1) is 11.2. The zero-order valence-electron chi connectivity index (χ0n) is 9.30. The molecule has 0 bridgehead atoms. The number of nitrogens with two attached hydrogens (primary N) is 1. The molecule has 0 aliphatic rings. The average Bonchev–Trinajstić information content (AvgIpc) is 2.10. The summed E-state index contributed by atoms with van der Waals surface area (Å²) in [5, 5.41) is 3.32. The third-order valence-electron chi connectivity index (χ3n) is 2.37. The van der Waals surface area contributed by atoms with Gasteiger partial charge in [-0.3, -0.25) is 0 Å².